The number of halogens is 3. The van der Waals surface area contributed by atoms with Crippen LogP contribution in [-0.2, 0) is 9.47 Å². The first-order valence-electron chi connectivity index (χ1n) is 8.64. The van der Waals surface area contributed by atoms with Crippen molar-refractivity contribution in [2.24, 2.45) is 0 Å². The van der Waals surface area contributed by atoms with E-state index in [1.165, 1.54) is 33.5 Å². The van der Waals surface area contributed by atoms with Crippen LogP contribution in [0.1, 0.15) is 70.3 Å². The SMILES string of the molecule is CCCCCCCCC(c1cc(F)c(F)cc1F)C(C)(OC)OC. The Kier molecular flexibility index (Phi) is 8.78. The molecule has 0 aliphatic heterocycles. The molecule has 5 heteroatoms. The molecule has 0 saturated heterocycles. The zero-order valence-electron chi connectivity index (χ0n) is 15.1. The number of unbranched alkanes of at least 4 members (excludes halogenated alkanes) is 5. The number of ether oxygens (including phenoxy) is 2. The second-order valence-electron chi connectivity index (χ2n) is 6.32. The van der Waals surface area contributed by atoms with Crippen molar-refractivity contribution in [3.63, 3.8) is 0 Å². The molecule has 0 amide bonds. The standard InChI is InChI=1S/C19H29F3O2/c1-5-6-7-8-9-10-11-15(19(2,23-3)24-4)14-12-17(21)18(22)13-16(14)20/h12-13,15H,5-11H2,1-4H3. The number of rotatable bonds is 11. The lowest BCUT2D eigenvalue weighted by Gasteiger charge is -2.35. The van der Waals surface area contributed by atoms with Gasteiger partial charge in [0.05, 0.1) is 0 Å². The Labute approximate surface area is 143 Å². The van der Waals surface area contributed by atoms with Gasteiger partial charge < -0.3 is 9.47 Å². The van der Waals surface area contributed by atoms with E-state index in [2.05, 4.69) is 6.92 Å². The molecule has 0 bridgehead atoms. The summed E-state index contributed by atoms with van der Waals surface area (Å²) < 4.78 is 51.9. The highest BCUT2D eigenvalue weighted by Gasteiger charge is 2.37. The van der Waals surface area contributed by atoms with Gasteiger partial charge in [0.25, 0.3) is 0 Å². The van der Waals surface area contributed by atoms with Gasteiger partial charge in [-0.1, -0.05) is 45.4 Å². The Morgan fingerprint density at radius 2 is 1.42 bits per heavy atom. The minimum absolute atomic E-state index is 0.0914. The normalized spacial score (nSPS) is 13.3. The molecule has 24 heavy (non-hydrogen) atoms. The van der Waals surface area contributed by atoms with Crippen molar-refractivity contribution in [1.82, 2.24) is 0 Å². The first kappa shape index (κ1) is 21.0. The third-order valence-electron chi connectivity index (χ3n) is 4.70. The Bertz CT molecular complexity index is 502. The third kappa shape index (κ3) is 5.49. The molecule has 1 aromatic rings. The van der Waals surface area contributed by atoms with Crippen LogP contribution in [0.3, 0.4) is 0 Å². The number of benzene rings is 1. The van der Waals surface area contributed by atoms with Gasteiger partial charge in [0.2, 0.25) is 0 Å². The van der Waals surface area contributed by atoms with E-state index in [0.29, 0.717) is 12.5 Å². The van der Waals surface area contributed by atoms with E-state index < -0.39 is 29.2 Å². The molecule has 0 aromatic heterocycles. The lowest BCUT2D eigenvalue weighted by atomic mass is 9.85. The van der Waals surface area contributed by atoms with Crippen molar-refractivity contribution in [3.05, 3.63) is 35.1 Å². The van der Waals surface area contributed by atoms with Crippen LogP contribution in [-0.4, -0.2) is 20.0 Å². The number of methoxy groups -OCH3 is 2. The minimum Gasteiger partial charge on any atom is -0.353 e. The van der Waals surface area contributed by atoms with Gasteiger partial charge in [-0.2, -0.15) is 0 Å². The summed E-state index contributed by atoms with van der Waals surface area (Å²) in [6.45, 7) is 3.85. The van der Waals surface area contributed by atoms with Crippen LogP contribution in [0.5, 0.6) is 0 Å². The lowest BCUT2D eigenvalue weighted by Crippen LogP contribution is -2.38. The summed E-state index contributed by atoms with van der Waals surface area (Å²) in [4.78, 5) is 0. The van der Waals surface area contributed by atoms with E-state index in [0.717, 1.165) is 25.3 Å². The first-order valence-corrected chi connectivity index (χ1v) is 8.64. The summed E-state index contributed by atoms with van der Waals surface area (Å²) in [5, 5.41) is 0. The molecule has 0 fully saturated rings. The molecule has 0 aliphatic rings. The molecule has 2 nitrogen and oxygen atoms in total. The van der Waals surface area contributed by atoms with Gasteiger partial charge in [-0.15, -0.1) is 0 Å². The molecule has 1 rings (SSSR count). The molecule has 0 saturated carbocycles. The summed E-state index contributed by atoms with van der Waals surface area (Å²) in [5.74, 6) is -4.65. The maximum Gasteiger partial charge on any atom is 0.171 e. The fourth-order valence-electron chi connectivity index (χ4n) is 3.00. The lowest BCUT2D eigenvalue weighted by molar-refractivity contribution is -0.210. The molecule has 1 unspecified atom stereocenters. The van der Waals surface area contributed by atoms with Gasteiger partial charge in [0.15, 0.2) is 17.4 Å². The van der Waals surface area contributed by atoms with Crippen molar-refractivity contribution >= 4 is 0 Å². The average molecular weight is 346 g/mol. The summed E-state index contributed by atoms with van der Waals surface area (Å²) >= 11 is 0. The Morgan fingerprint density at radius 1 is 0.875 bits per heavy atom. The van der Waals surface area contributed by atoms with E-state index in [9.17, 15) is 13.2 Å². The Balaban J connectivity index is 2.92. The number of hydrogen-bond acceptors (Lipinski definition) is 2. The molecule has 138 valence electrons. The third-order valence-corrected chi connectivity index (χ3v) is 4.70. The highest BCUT2D eigenvalue weighted by Crippen LogP contribution is 2.38. The monoisotopic (exact) mass is 346 g/mol. The molecular formula is C19H29F3O2. The molecular weight excluding hydrogens is 317 g/mol. The largest absolute Gasteiger partial charge is 0.353 e. The molecule has 1 atom stereocenters. The van der Waals surface area contributed by atoms with E-state index >= 15 is 0 Å². The highest BCUT2D eigenvalue weighted by molar-refractivity contribution is 5.26. The predicted molar refractivity (Wildman–Crippen MR) is 89.5 cm³/mol. The molecule has 0 heterocycles. The van der Waals surface area contributed by atoms with Crippen molar-refractivity contribution < 1.29 is 22.6 Å². The van der Waals surface area contributed by atoms with Gasteiger partial charge in [0, 0.05) is 26.2 Å². The van der Waals surface area contributed by atoms with Crippen LogP contribution in [0, 0.1) is 17.5 Å². The maximum atomic E-state index is 14.2. The maximum absolute atomic E-state index is 14.2. The van der Waals surface area contributed by atoms with E-state index in [4.69, 9.17) is 9.47 Å². The fraction of sp³-hybridized carbons (Fsp3) is 0.684. The van der Waals surface area contributed by atoms with Crippen LogP contribution >= 0.6 is 0 Å². The van der Waals surface area contributed by atoms with Gasteiger partial charge >= 0.3 is 0 Å². The first-order chi connectivity index (χ1) is 11.4. The Hall–Kier alpha value is -1.07. The smallest absolute Gasteiger partial charge is 0.171 e. The van der Waals surface area contributed by atoms with Gasteiger partial charge in [-0.3, -0.25) is 0 Å². The van der Waals surface area contributed by atoms with Gasteiger partial charge in [-0.25, -0.2) is 13.2 Å². The van der Waals surface area contributed by atoms with E-state index in [1.54, 1.807) is 6.92 Å². The topological polar surface area (TPSA) is 18.5 Å². The average Bonchev–Trinajstić information content (AvgIpc) is 2.57. The fourth-order valence-corrected chi connectivity index (χ4v) is 3.00. The van der Waals surface area contributed by atoms with E-state index in [1.807, 2.05) is 0 Å². The summed E-state index contributed by atoms with van der Waals surface area (Å²) in [7, 11) is 2.94. The summed E-state index contributed by atoms with van der Waals surface area (Å²) in [5.41, 5.74) is 0.0914. The van der Waals surface area contributed by atoms with Crippen LogP contribution in [0.4, 0.5) is 13.2 Å². The van der Waals surface area contributed by atoms with Crippen LogP contribution < -0.4 is 0 Å². The number of hydrogen-bond donors (Lipinski definition) is 0. The van der Waals surface area contributed by atoms with Crippen molar-refractivity contribution in [3.8, 4) is 0 Å². The summed E-state index contributed by atoms with van der Waals surface area (Å²) in [6.07, 6.45) is 7.08. The molecule has 0 aliphatic carbocycles. The van der Waals surface area contributed by atoms with Crippen molar-refractivity contribution in [2.75, 3.05) is 14.2 Å². The molecule has 0 spiro atoms. The molecule has 1 aromatic carbocycles. The van der Waals surface area contributed by atoms with E-state index in [-0.39, 0.29) is 5.56 Å². The van der Waals surface area contributed by atoms with Crippen molar-refractivity contribution in [1.29, 1.82) is 0 Å². The summed E-state index contributed by atoms with van der Waals surface area (Å²) in [6, 6.07) is 1.51. The van der Waals surface area contributed by atoms with Crippen LogP contribution in [0.2, 0.25) is 0 Å². The van der Waals surface area contributed by atoms with Gasteiger partial charge in [-0.05, 0) is 25.0 Å². The molecule has 0 N–H and O–H groups in total. The second-order valence-corrected chi connectivity index (χ2v) is 6.32. The Morgan fingerprint density at radius 3 is 2.00 bits per heavy atom. The van der Waals surface area contributed by atoms with Crippen LogP contribution in [0.25, 0.3) is 0 Å². The quantitative estimate of drug-likeness (QED) is 0.280. The minimum atomic E-state index is -1.19. The van der Waals surface area contributed by atoms with Gasteiger partial charge in [0.1, 0.15) is 5.82 Å². The zero-order chi connectivity index (χ0) is 18.2. The highest BCUT2D eigenvalue weighted by atomic mass is 19.2. The predicted octanol–water partition coefficient (Wildman–Crippen LogP) is 5.95. The van der Waals surface area contributed by atoms with Crippen LogP contribution in [0.15, 0.2) is 12.1 Å². The van der Waals surface area contributed by atoms with Crippen molar-refractivity contribution in [2.45, 2.75) is 70.5 Å². The zero-order valence-corrected chi connectivity index (χ0v) is 15.1. The molecule has 0 radical (unpaired) electrons. The second kappa shape index (κ2) is 10.0.